The molecule has 0 atom stereocenters. The Balaban J connectivity index is 1.80. The van der Waals surface area contributed by atoms with Crippen LogP contribution in [0.4, 0.5) is 0 Å². The first-order valence-electron chi connectivity index (χ1n) is 12.4. The summed E-state index contributed by atoms with van der Waals surface area (Å²) in [5.41, 5.74) is 11.3. The highest BCUT2D eigenvalue weighted by Gasteiger charge is 2.26. The summed E-state index contributed by atoms with van der Waals surface area (Å²) in [6, 6.07) is 31.6. The third-order valence-corrected chi connectivity index (χ3v) is 10.1. The zero-order chi connectivity index (χ0) is 24.2. The van der Waals surface area contributed by atoms with E-state index in [1.54, 1.807) is 10.6 Å². The maximum Gasteiger partial charge on any atom is 0.209 e. The van der Waals surface area contributed by atoms with Crippen molar-refractivity contribution in [2.45, 2.75) is 47.9 Å². The van der Waals surface area contributed by atoms with Crippen LogP contribution < -0.4 is 21.5 Å². The van der Waals surface area contributed by atoms with Crippen LogP contribution >= 0.6 is 7.92 Å². The average Bonchev–Trinajstić information content (AvgIpc) is 2.79. The third-order valence-electron chi connectivity index (χ3n) is 6.86. The molecule has 34 heavy (non-hydrogen) atoms. The molecule has 0 nitrogen and oxygen atoms in total. The summed E-state index contributed by atoms with van der Waals surface area (Å²) in [6.45, 7) is 14.1. The van der Waals surface area contributed by atoms with Gasteiger partial charge in [0.15, 0.2) is 0 Å². The Morgan fingerprint density at radius 2 is 0.882 bits per heavy atom. The molecule has 0 N–H and O–H groups in total. The number of rotatable bonds is 7. The Hall–Kier alpha value is -2.63. The fourth-order valence-electron chi connectivity index (χ4n) is 5.69. The van der Waals surface area contributed by atoms with Crippen LogP contribution in [0.5, 0.6) is 0 Å². The molecule has 0 heterocycles. The van der Waals surface area contributed by atoms with Gasteiger partial charge in [-0.3, -0.25) is 0 Å². The summed E-state index contributed by atoms with van der Waals surface area (Å²) >= 11 is 0. The van der Waals surface area contributed by atoms with E-state index < -0.39 is 7.92 Å². The van der Waals surface area contributed by atoms with E-state index in [-0.39, 0.29) is 0 Å². The highest BCUT2D eigenvalue weighted by molar-refractivity contribution is 7.73. The van der Waals surface area contributed by atoms with E-state index in [0.717, 1.165) is 6.32 Å². The minimum Gasteiger partial charge on any atom is -0.0742 e. The van der Waals surface area contributed by atoms with Crippen LogP contribution in [0.1, 0.15) is 33.4 Å². The van der Waals surface area contributed by atoms with Gasteiger partial charge < -0.3 is 0 Å². The lowest BCUT2D eigenvalue weighted by Crippen LogP contribution is -2.43. The van der Waals surface area contributed by atoms with Gasteiger partial charge in [0.2, 0.25) is 6.71 Å². The van der Waals surface area contributed by atoms with Crippen molar-refractivity contribution in [3.8, 4) is 0 Å². The second-order valence-corrected chi connectivity index (χ2v) is 12.0. The second-order valence-electron chi connectivity index (χ2n) is 9.81. The third kappa shape index (κ3) is 5.37. The number of hydrogen-bond acceptors (Lipinski definition) is 0. The monoisotopic (exact) mass is 462 g/mol. The van der Waals surface area contributed by atoms with Crippen LogP contribution in [-0.4, -0.2) is 12.9 Å². The lowest BCUT2D eigenvalue weighted by atomic mass is 9.39. The predicted molar refractivity (Wildman–Crippen MR) is 155 cm³/mol. The summed E-state index contributed by atoms with van der Waals surface area (Å²) in [7, 11) is -0.472. The Morgan fingerprint density at radius 1 is 0.529 bits per heavy atom. The van der Waals surface area contributed by atoms with Gasteiger partial charge in [-0.05, 0) is 88.5 Å². The van der Waals surface area contributed by atoms with E-state index >= 15 is 0 Å². The van der Waals surface area contributed by atoms with E-state index in [0.29, 0.717) is 6.71 Å². The van der Waals surface area contributed by atoms with E-state index in [2.05, 4.69) is 126 Å². The fraction of sp³-hybridized carbons (Fsp3) is 0.250. The lowest BCUT2D eigenvalue weighted by Gasteiger charge is -2.28. The van der Waals surface area contributed by atoms with Crippen molar-refractivity contribution in [3.63, 3.8) is 0 Å². The first-order chi connectivity index (χ1) is 16.3. The van der Waals surface area contributed by atoms with Crippen molar-refractivity contribution in [1.82, 2.24) is 0 Å². The van der Waals surface area contributed by atoms with E-state index in [1.807, 2.05) is 0 Å². The standard InChI is InChI=1S/C32H36BP/c1-23-19-25(3)31(26(4)20-23)34(32-27(5)21-24(2)22-28(32)6)18-17-33(29-13-9-7-10-14-29)30-15-11-8-12-16-30/h7-16,19-22H,17-18H2,1-6H3. The predicted octanol–water partition coefficient (Wildman–Crippen LogP) is 6.28. The zero-order valence-electron chi connectivity index (χ0n) is 21.5. The number of hydrogen-bond donors (Lipinski definition) is 0. The topological polar surface area (TPSA) is 0 Å². The van der Waals surface area contributed by atoms with Gasteiger partial charge in [-0.1, -0.05) is 113 Å². The van der Waals surface area contributed by atoms with Gasteiger partial charge in [0.25, 0.3) is 0 Å². The summed E-state index contributed by atoms with van der Waals surface area (Å²) in [5, 5.41) is 3.16. The van der Waals surface area contributed by atoms with Crippen LogP contribution in [-0.2, 0) is 0 Å². The zero-order valence-corrected chi connectivity index (χ0v) is 22.4. The summed E-state index contributed by atoms with van der Waals surface area (Å²) < 4.78 is 0. The smallest absolute Gasteiger partial charge is 0.0742 e. The second kappa shape index (κ2) is 10.8. The largest absolute Gasteiger partial charge is 0.209 e. The molecule has 0 aliphatic rings. The first kappa shape index (κ1) is 24.5. The van der Waals surface area contributed by atoms with Gasteiger partial charge in [-0.15, -0.1) is 0 Å². The molecule has 0 aliphatic heterocycles. The SMILES string of the molecule is Cc1cc(C)c(P(CCB(c2ccccc2)c2ccccc2)c2c(C)cc(C)cc2C)c(C)c1. The molecule has 0 saturated carbocycles. The normalized spacial score (nSPS) is 11.1. The molecule has 0 radical (unpaired) electrons. The first-order valence-corrected chi connectivity index (χ1v) is 13.9. The maximum atomic E-state index is 2.38. The van der Waals surface area contributed by atoms with Gasteiger partial charge in [-0.2, -0.15) is 0 Å². The quantitative estimate of drug-likeness (QED) is 0.224. The molecule has 0 spiro atoms. The Morgan fingerprint density at radius 3 is 1.24 bits per heavy atom. The molecule has 2 heteroatoms. The molecule has 4 aromatic carbocycles. The van der Waals surface area contributed by atoms with E-state index in [1.165, 1.54) is 50.5 Å². The van der Waals surface area contributed by atoms with Crippen LogP contribution in [0, 0.1) is 41.5 Å². The molecule has 4 aromatic rings. The van der Waals surface area contributed by atoms with Crippen molar-refractivity contribution >= 4 is 36.2 Å². The minimum absolute atomic E-state index is 0.407. The molecular formula is C32H36BP. The van der Waals surface area contributed by atoms with Crippen molar-refractivity contribution in [3.05, 3.63) is 118 Å². The van der Waals surface area contributed by atoms with E-state index in [4.69, 9.17) is 0 Å². The molecule has 0 unspecified atom stereocenters. The highest BCUT2D eigenvalue weighted by Crippen LogP contribution is 2.40. The van der Waals surface area contributed by atoms with Gasteiger partial charge in [0, 0.05) is 0 Å². The van der Waals surface area contributed by atoms with Crippen LogP contribution in [0.3, 0.4) is 0 Å². The minimum atomic E-state index is -0.472. The van der Waals surface area contributed by atoms with E-state index in [9.17, 15) is 0 Å². The summed E-state index contributed by atoms with van der Waals surface area (Å²) in [5.74, 6) is 0. The van der Waals surface area contributed by atoms with Gasteiger partial charge in [-0.25, -0.2) is 0 Å². The average molecular weight is 462 g/mol. The Kier molecular flexibility index (Phi) is 7.75. The Bertz CT molecular complexity index is 1120. The van der Waals surface area contributed by atoms with Crippen LogP contribution in [0.15, 0.2) is 84.9 Å². The van der Waals surface area contributed by atoms with Crippen LogP contribution in [0.25, 0.3) is 0 Å². The van der Waals surface area contributed by atoms with Gasteiger partial charge in [0.1, 0.15) is 0 Å². The number of aryl methyl sites for hydroxylation is 6. The molecule has 0 aromatic heterocycles. The van der Waals surface area contributed by atoms with Crippen molar-refractivity contribution in [1.29, 1.82) is 0 Å². The highest BCUT2D eigenvalue weighted by atomic mass is 31.1. The lowest BCUT2D eigenvalue weighted by molar-refractivity contribution is 1.33. The van der Waals surface area contributed by atoms with Crippen LogP contribution in [0.2, 0.25) is 6.32 Å². The molecule has 0 fully saturated rings. The molecule has 0 bridgehead atoms. The van der Waals surface area contributed by atoms with Crippen molar-refractivity contribution in [2.75, 3.05) is 6.16 Å². The van der Waals surface area contributed by atoms with Crippen molar-refractivity contribution < 1.29 is 0 Å². The summed E-state index contributed by atoms with van der Waals surface area (Å²) in [6.07, 6.45) is 2.32. The maximum absolute atomic E-state index is 2.38. The molecule has 0 aliphatic carbocycles. The molecular weight excluding hydrogens is 426 g/mol. The fourth-order valence-corrected chi connectivity index (χ4v) is 8.83. The molecule has 0 saturated heterocycles. The van der Waals surface area contributed by atoms with Crippen molar-refractivity contribution in [2.24, 2.45) is 0 Å². The Labute approximate surface area is 208 Å². The molecule has 172 valence electrons. The molecule has 0 amide bonds. The van der Waals surface area contributed by atoms with Gasteiger partial charge in [0.05, 0.1) is 0 Å². The van der Waals surface area contributed by atoms with Gasteiger partial charge >= 0.3 is 0 Å². The summed E-state index contributed by atoms with van der Waals surface area (Å²) in [4.78, 5) is 0. The molecule has 4 rings (SSSR count). The number of benzene rings is 4.